The first-order chi connectivity index (χ1) is 46.7. The number of hydrogen-bond acceptors (Lipinski definition) is 0. The van der Waals surface area contributed by atoms with Gasteiger partial charge in [0, 0.05) is 0 Å². The van der Waals surface area contributed by atoms with Crippen molar-refractivity contribution in [2.45, 2.75) is 317 Å². The van der Waals surface area contributed by atoms with E-state index < -0.39 is 0 Å². The molecule has 4 heteroatoms. The van der Waals surface area contributed by atoms with Crippen molar-refractivity contribution in [3.63, 3.8) is 0 Å². The molecule has 698 valence electrons. The first-order valence-electron chi connectivity index (χ1n) is 44.3. The molecular weight excluding hydrogens is 1930 g/mol. The fourth-order valence-electron chi connectivity index (χ4n) is 24.4. The van der Waals surface area contributed by atoms with Gasteiger partial charge in [-0.2, -0.15) is 0 Å². The van der Waals surface area contributed by atoms with Gasteiger partial charge >= 0.3 is 104 Å². The zero-order chi connectivity index (χ0) is 73.9. The maximum Gasteiger partial charge on any atom is 4.00 e. The van der Waals surface area contributed by atoms with Crippen LogP contribution < -0.4 is 0 Å². The Hall–Kier alpha value is 1.43. The molecule has 0 nitrogen and oxygen atoms in total. The Bertz CT molecular complexity index is 2440. The minimum Gasteiger partial charge on any atom is -0.358 e. The molecular formula is C116H218Hf2Zr2. The van der Waals surface area contributed by atoms with Crippen molar-refractivity contribution in [1.29, 1.82) is 0 Å². The second kappa shape index (κ2) is 65.1. The van der Waals surface area contributed by atoms with E-state index in [0.717, 1.165) is 201 Å². The Balaban J connectivity index is -0.0000000983. The van der Waals surface area contributed by atoms with E-state index in [9.17, 15) is 0 Å². The summed E-state index contributed by atoms with van der Waals surface area (Å²) in [5.41, 5.74) is 7.55. The Labute approximate surface area is 844 Å². The summed E-state index contributed by atoms with van der Waals surface area (Å²) in [5, 5.41) is 0. The van der Waals surface area contributed by atoms with Crippen LogP contribution in [0.25, 0.3) is 0 Å². The molecule has 0 spiro atoms. The van der Waals surface area contributed by atoms with Crippen LogP contribution in [-0.2, 0) is 104 Å². The van der Waals surface area contributed by atoms with E-state index in [1.54, 1.807) is 56.1 Å². The number of allylic oxidation sites excluding steroid dienone is 16. The summed E-state index contributed by atoms with van der Waals surface area (Å²) in [5.74, 6) is 31.7. The van der Waals surface area contributed by atoms with Gasteiger partial charge in [-0.15, -0.1) is 0 Å². The van der Waals surface area contributed by atoms with E-state index in [4.69, 9.17) is 0 Å². The summed E-state index contributed by atoms with van der Waals surface area (Å²) in [6.45, 7) is 71.6. The molecule has 0 heterocycles. The predicted molar refractivity (Wildman–Crippen MR) is 546 cm³/mol. The van der Waals surface area contributed by atoms with E-state index >= 15 is 0 Å². The van der Waals surface area contributed by atoms with Crippen LogP contribution in [0.3, 0.4) is 0 Å². The Kier molecular flexibility index (Phi) is 81.3. The fraction of sp³-hybridized carbons (Fsp3) is 0.724. The topological polar surface area (TPSA) is 0 Å². The molecule has 120 heavy (non-hydrogen) atoms. The average molecular weight is 2150 g/mol. The molecule has 0 aromatic heterocycles. The second-order valence-electron chi connectivity index (χ2n) is 42.9. The van der Waals surface area contributed by atoms with Crippen LogP contribution in [0, 0.1) is 336 Å². The summed E-state index contributed by atoms with van der Waals surface area (Å²) in [6.07, 6.45) is 54.4. The summed E-state index contributed by atoms with van der Waals surface area (Å²) in [4.78, 5) is 0. The van der Waals surface area contributed by atoms with Crippen LogP contribution in [0.2, 0.25) is 0 Å². The molecule has 15 aliphatic carbocycles. The summed E-state index contributed by atoms with van der Waals surface area (Å²) < 4.78 is 0. The smallest absolute Gasteiger partial charge is 0.358 e. The quantitative estimate of drug-likeness (QED) is 0.181. The molecule has 0 radical (unpaired) electrons. The molecule has 0 aliphatic heterocycles. The van der Waals surface area contributed by atoms with Gasteiger partial charge in [0.05, 0.1) is 0 Å². The number of hydrogen-bond donors (Lipinski definition) is 0. The van der Waals surface area contributed by atoms with Crippen LogP contribution in [0.5, 0.6) is 0 Å². The molecule has 0 amide bonds. The van der Waals surface area contributed by atoms with E-state index in [0.29, 0.717) is 5.41 Å². The van der Waals surface area contributed by atoms with Crippen LogP contribution in [0.1, 0.15) is 317 Å². The summed E-state index contributed by atoms with van der Waals surface area (Å²) in [6, 6.07) is 0. The van der Waals surface area contributed by atoms with Crippen molar-refractivity contribution in [2.24, 2.45) is 217 Å². The third-order valence-corrected chi connectivity index (χ3v) is 34.7. The van der Waals surface area contributed by atoms with Gasteiger partial charge < -0.3 is 119 Å². The molecule has 0 saturated heterocycles. The van der Waals surface area contributed by atoms with Crippen molar-refractivity contribution in [2.75, 3.05) is 0 Å². The molecule has 0 aromatic rings. The zero-order valence-electron chi connectivity index (χ0n) is 90.1. The van der Waals surface area contributed by atoms with Crippen LogP contribution in [0.4, 0.5) is 0 Å². The van der Waals surface area contributed by atoms with E-state index in [-0.39, 0.29) is 234 Å². The van der Waals surface area contributed by atoms with Gasteiger partial charge in [0.15, 0.2) is 0 Å². The third-order valence-electron chi connectivity index (χ3n) is 34.7. The van der Waals surface area contributed by atoms with E-state index in [2.05, 4.69) is 281 Å². The van der Waals surface area contributed by atoms with Crippen molar-refractivity contribution >= 4 is 0 Å². The van der Waals surface area contributed by atoms with Gasteiger partial charge in [-0.05, 0) is 323 Å². The fourth-order valence-corrected chi connectivity index (χ4v) is 24.4. The first-order valence-corrected chi connectivity index (χ1v) is 44.3. The monoisotopic (exact) mass is 2150 g/mol. The molecule has 0 aromatic carbocycles. The molecule has 14 unspecified atom stereocenters. The molecule has 15 rings (SSSR count). The maximum absolute atomic E-state index is 2.60. The second-order valence-corrected chi connectivity index (χ2v) is 42.9. The van der Waals surface area contributed by atoms with Gasteiger partial charge in [0.25, 0.3) is 0 Å². The van der Waals surface area contributed by atoms with Gasteiger partial charge in [0.1, 0.15) is 0 Å². The van der Waals surface area contributed by atoms with Crippen molar-refractivity contribution in [1.82, 2.24) is 0 Å². The molecule has 14 atom stereocenters. The Morgan fingerprint density at radius 1 is 0.267 bits per heavy atom. The summed E-state index contributed by atoms with van der Waals surface area (Å²) in [7, 11) is 0. The first kappa shape index (κ1) is 150. The molecule has 0 bridgehead atoms. The van der Waals surface area contributed by atoms with E-state index in [1.165, 1.54) is 75.4 Å². The average Bonchev–Trinajstić information content (AvgIpc) is 1.62. The number of fused-ring (bicyclic) bond motifs is 8. The normalized spacial score (nSPS) is 38.6. The van der Waals surface area contributed by atoms with Crippen molar-refractivity contribution in [3.05, 3.63) is 214 Å². The standard InChI is InChI=1S/C21H30.C17H30.C12H16.C10H14.4C10H20.16CH3.2Hf.2Zr/c1-20(2,3)16-7-9-18-14(12-16)11-15-13-17(21(4,5)6)8-10-19(15)18;1-17(2,3)11-15-8-7-14-9-12-5-4-6-13(12)10-16(14)15;1-3-9-7-11-5-2-6-12(11)8-10(9)4-1;1-8-6-7-9-4-2-3-5-10(8)9;4*1-6-7(2)9(4)10(5)8(6)3;;;;;;;;;;;;;;;;;;;;/h7-10,12-15,18-19H,11H2,1-6H3;12-16H,4-11H2,1-3H3;7-10H,1-6H2;2-5,8-10H,6-7H2,1H3;4*6-10H,1-5H3;16*1H3;;;;/q;;;;;;;;16*-1;4*+4. The van der Waals surface area contributed by atoms with E-state index in [1.807, 2.05) is 0 Å². The summed E-state index contributed by atoms with van der Waals surface area (Å²) >= 11 is 0. The van der Waals surface area contributed by atoms with Gasteiger partial charge in [-0.1, -0.05) is 306 Å². The Morgan fingerprint density at radius 3 is 0.850 bits per heavy atom. The minimum atomic E-state index is 0. The van der Waals surface area contributed by atoms with Gasteiger partial charge in [-0.3, -0.25) is 0 Å². The SMILES string of the molecule is C1=C2CCCC2=CC2CCCC12.CC(C)(C)C1=CC2CC3C=C(C(C)(C)C)C=CC3C2C=C1.CC(C)(C)CC1CCC2CC3CCCC3CC21.CC1C(C)C(C)C(C)C1C.CC1C(C)C(C)C(C)C1C.CC1C(C)C(C)C(C)C1C.CC1C(C)C(C)C(C)C1C.CC1CCC2C=CC=CC12.[CH3-].[CH3-].[CH3-].[CH3-].[CH3-].[CH3-].[CH3-].[CH3-].[CH3-].[CH3-].[CH3-].[CH3-].[CH3-].[CH3-].[CH3-].[CH3-].[Hf+4].[Hf+4].[Zr+4].[Zr+4]. The van der Waals surface area contributed by atoms with Crippen molar-refractivity contribution in [3.8, 4) is 0 Å². The van der Waals surface area contributed by atoms with Crippen molar-refractivity contribution < 1.29 is 104 Å². The Morgan fingerprint density at radius 2 is 0.558 bits per heavy atom. The molecule has 0 N–H and O–H groups in total. The predicted octanol–water partition coefficient (Wildman–Crippen LogP) is 37.4. The van der Waals surface area contributed by atoms with Crippen LogP contribution in [0.15, 0.2) is 95.2 Å². The largest absolute Gasteiger partial charge is 4.00 e. The van der Waals surface area contributed by atoms with Crippen LogP contribution >= 0.6 is 0 Å². The van der Waals surface area contributed by atoms with Gasteiger partial charge in [0.2, 0.25) is 0 Å². The zero-order valence-corrected chi connectivity index (χ0v) is 102. The van der Waals surface area contributed by atoms with Crippen LogP contribution in [-0.4, -0.2) is 0 Å². The molecule has 15 aliphatic rings. The van der Waals surface area contributed by atoms with Gasteiger partial charge in [-0.25, -0.2) is 0 Å². The maximum atomic E-state index is 2.60. The number of rotatable bonds is 1. The molecule has 11 saturated carbocycles. The molecule has 11 fully saturated rings. The third kappa shape index (κ3) is 37.5. The minimum absolute atomic E-state index is 0.